The fourth-order valence-corrected chi connectivity index (χ4v) is 5.38. The predicted molar refractivity (Wildman–Crippen MR) is 118 cm³/mol. The zero-order valence-corrected chi connectivity index (χ0v) is 18.5. The fraction of sp³-hybridized carbons (Fsp3) is 0.381. The zero-order chi connectivity index (χ0) is 21.5. The lowest BCUT2D eigenvalue weighted by Crippen LogP contribution is -2.31. The third kappa shape index (κ3) is 5.54. The van der Waals surface area contributed by atoms with E-state index in [9.17, 15) is 14.4 Å². The number of nitrogens with one attached hydrogen (secondary N) is 2. The molecule has 0 spiro atoms. The first kappa shape index (κ1) is 22.2. The van der Waals surface area contributed by atoms with Crippen LogP contribution in [0.25, 0.3) is 0 Å². The van der Waals surface area contributed by atoms with Gasteiger partial charge in [-0.25, -0.2) is 4.79 Å². The predicted octanol–water partition coefficient (Wildman–Crippen LogP) is 4.25. The second-order valence-corrected chi connectivity index (χ2v) is 8.96. The normalized spacial score (nSPS) is 12.2. The van der Waals surface area contributed by atoms with Crippen molar-refractivity contribution in [1.29, 1.82) is 0 Å². The molecule has 2 aromatic rings. The van der Waals surface area contributed by atoms with Gasteiger partial charge >= 0.3 is 6.09 Å². The van der Waals surface area contributed by atoms with Crippen LogP contribution in [-0.2, 0) is 22.4 Å². The fourth-order valence-electron chi connectivity index (χ4n) is 3.22. The van der Waals surface area contributed by atoms with Crippen LogP contribution in [0, 0.1) is 0 Å². The summed E-state index contributed by atoms with van der Waals surface area (Å²) in [7, 11) is 2.83. The third-order valence-corrected chi connectivity index (χ3v) is 6.98. The van der Waals surface area contributed by atoms with Gasteiger partial charge in [-0.1, -0.05) is 0 Å². The first-order valence-electron chi connectivity index (χ1n) is 9.62. The monoisotopic (exact) mass is 448 g/mol. The van der Waals surface area contributed by atoms with Crippen LogP contribution in [0.1, 0.15) is 40.1 Å². The van der Waals surface area contributed by atoms with Gasteiger partial charge in [0, 0.05) is 16.2 Å². The number of carbonyl (C=O) groups is 3. The molecule has 2 N–H and O–H groups in total. The molecule has 1 aliphatic carbocycles. The van der Waals surface area contributed by atoms with Crippen LogP contribution in [0.3, 0.4) is 0 Å². The topological polar surface area (TPSA) is 93.7 Å². The minimum atomic E-state index is -0.814. The number of alkyl carbamates (subject to hydrolysis) is 1. The van der Waals surface area contributed by atoms with E-state index in [1.165, 1.54) is 18.4 Å². The highest BCUT2D eigenvalue weighted by Gasteiger charge is 2.28. The van der Waals surface area contributed by atoms with Crippen molar-refractivity contribution in [3.05, 3.63) is 40.3 Å². The molecule has 1 aliphatic rings. The van der Waals surface area contributed by atoms with E-state index in [2.05, 4.69) is 15.4 Å². The minimum Gasteiger partial charge on any atom is -0.497 e. The van der Waals surface area contributed by atoms with Crippen LogP contribution in [0.4, 0.5) is 9.80 Å². The number of hydrogen-bond acceptors (Lipinski definition) is 7. The van der Waals surface area contributed by atoms with Crippen molar-refractivity contribution in [3.8, 4) is 5.75 Å². The smallest absolute Gasteiger partial charge is 0.413 e. The number of fused-ring (bicyclic) bond motifs is 1. The number of aryl methyl sites for hydroxylation is 1. The Labute approximate surface area is 183 Å². The lowest BCUT2D eigenvalue weighted by atomic mass is 10.1. The minimum absolute atomic E-state index is 0.141. The third-order valence-electron chi connectivity index (χ3n) is 4.68. The molecule has 0 aliphatic heterocycles. The van der Waals surface area contributed by atoms with Crippen molar-refractivity contribution in [2.24, 2.45) is 0 Å². The Hall–Kier alpha value is -2.52. The average Bonchev–Trinajstić information content (AvgIpc) is 3.32. The van der Waals surface area contributed by atoms with Gasteiger partial charge in [0.1, 0.15) is 10.8 Å². The average molecular weight is 449 g/mol. The molecule has 0 unspecified atom stereocenters. The molecule has 30 heavy (non-hydrogen) atoms. The van der Waals surface area contributed by atoms with E-state index < -0.39 is 12.0 Å². The number of carbonyl (C=O) groups excluding carboxylic acids is 3. The Morgan fingerprint density at radius 2 is 1.90 bits per heavy atom. The summed E-state index contributed by atoms with van der Waals surface area (Å²) in [6.45, 7) is 0. The standard InChI is InChI=1S/C21H24N2O5S2/c1-27-13-8-10-14(11-9-13)29-12-4-7-17(24)22-20-18(19(25)23-21(26)28-2)15-5-3-6-16(15)30-20/h8-11H,3-7,12H2,1-2H3,(H,22,24)(H,23,25,26). The largest absolute Gasteiger partial charge is 0.497 e. The van der Waals surface area contributed by atoms with Crippen LogP contribution in [0.15, 0.2) is 29.2 Å². The molecular weight excluding hydrogens is 424 g/mol. The van der Waals surface area contributed by atoms with Crippen LogP contribution in [-0.4, -0.2) is 37.9 Å². The van der Waals surface area contributed by atoms with Gasteiger partial charge in [0.05, 0.1) is 19.8 Å². The van der Waals surface area contributed by atoms with Gasteiger partial charge in [0.25, 0.3) is 5.91 Å². The zero-order valence-electron chi connectivity index (χ0n) is 16.9. The van der Waals surface area contributed by atoms with E-state index in [0.717, 1.165) is 46.1 Å². The van der Waals surface area contributed by atoms with Crippen molar-refractivity contribution in [1.82, 2.24) is 5.32 Å². The summed E-state index contributed by atoms with van der Waals surface area (Å²) in [5.74, 6) is 0.939. The Balaban J connectivity index is 1.54. The van der Waals surface area contributed by atoms with Crippen molar-refractivity contribution in [2.45, 2.75) is 37.0 Å². The summed E-state index contributed by atoms with van der Waals surface area (Å²) in [5, 5.41) is 5.57. The SMILES string of the molecule is COC(=O)NC(=O)c1c(NC(=O)CCCSc2ccc(OC)cc2)sc2c1CCC2. The summed E-state index contributed by atoms with van der Waals surface area (Å²) >= 11 is 3.09. The maximum absolute atomic E-state index is 12.5. The molecule has 9 heteroatoms. The van der Waals surface area contributed by atoms with E-state index in [1.807, 2.05) is 24.3 Å². The van der Waals surface area contributed by atoms with Crippen molar-refractivity contribution < 1.29 is 23.9 Å². The number of thioether (sulfide) groups is 1. The molecule has 0 radical (unpaired) electrons. The van der Waals surface area contributed by atoms with E-state index >= 15 is 0 Å². The van der Waals surface area contributed by atoms with Crippen molar-refractivity contribution in [3.63, 3.8) is 0 Å². The highest BCUT2D eigenvalue weighted by Crippen LogP contribution is 2.39. The molecule has 0 fully saturated rings. The molecule has 3 amide bonds. The van der Waals surface area contributed by atoms with Crippen LogP contribution in [0.2, 0.25) is 0 Å². The maximum atomic E-state index is 12.5. The van der Waals surface area contributed by atoms with Gasteiger partial charge in [-0.2, -0.15) is 0 Å². The van der Waals surface area contributed by atoms with Crippen molar-refractivity contribution >= 4 is 46.0 Å². The Morgan fingerprint density at radius 3 is 2.60 bits per heavy atom. The van der Waals surface area contributed by atoms with Crippen LogP contribution >= 0.6 is 23.1 Å². The molecule has 0 saturated heterocycles. The highest BCUT2D eigenvalue weighted by molar-refractivity contribution is 7.99. The van der Waals surface area contributed by atoms with E-state index in [4.69, 9.17) is 4.74 Å². The first-order valence-corrected chi connectivity index (χ1v) is 11.4. The summed E-state index contributed by atoms with van der Waals surface area (Å²) in [5.41, 5.74) is 1.31. The molecule has 1 aromatic carbocycles. The number of rotatable bonds is 8. The number of imide groups is 1. The van der Waals surface area contributed by atoms with Gasteiger partial charge < -0.3 is 14.8 Å². The summed E-state index contributed by atoms with van der Waals surface area (Å²) in [6.07, 6.45) is 2.86. The summed E-state index contributed by atoms with van der Waals surface area (Å²) in [6, 6.07) is 7.80. The van der Waals surface area contributed by atoms with Gasteiger partial charge in [-0.3, -0.25) is 14.9 Å². The highest BCUT2D eigenvalue weighted by atomic mass is 32.2. The molecule has 1 aromatic heterocycles. The van der Waals surface area contributed by atoms with E-state index in [-0.39, 0.29) is 5.91 Å². The van der Waals surface area contributed by atoms with Gasteiger partial charge in [0.15, 0.2) is 0 Å². The van der Waals surface area contributed by atoms with Gasteiger partial charge in [0.2, 0.25) is 5.91 Å². The quantitative estimate of drug-likeness (QED) is 0.463. The number of hydrogen-bond donors (Lipinski definition) is 2. The van der Waals surface area contributed by atoms with E-state index in [1.54, 1.807) is 18.9 Å². The molecule has 0 bridgehead atoms. The number of anilines is 1. The Kier molecular flexibility index (Phi) is 7.75. The van der Waals surface area contributed by atoms with Crippen LogP contribution < -0.4 is 15.4 Å². The molecule has 3 rings (SSSR count). The van der Waals surface area contributed by atoms with E-state index in [0.29, 0.717) is 23.4 Å². The molecule has 0 saturated carbocycles. The van der Waals surface area contributed by atoms with Gasteiger partial charge in [-0.05, 0) is 61.3 Å². The number of thiophene rings is 1. The van der Waals surface area contributed by atoms with Crippen molar-refractivity contribution in [2.75, 3.05) is 25.3 Å². The molecule has 1 heterocycles. The molecule has 160 valence electrons. The second kappa shape index (κ2) is 10.5. The van der Waals surface area contributed by atoms with Gasteiger partial charge in [-0.15, -0.1) is 23.1 Å². The number of methoxy groups -OCH3 is 2. The maximum Gasteiger partial charge on any atom is 0.413 e. The number of ether oxygens (including phenoxy) is 2. The Bertz CT molecular complexity index is 924. The van der Waals surface area contributed by atoms with Crippen LogP contribution in [0.5, 0.6) is 5.75 Å². The Morgan fingerprint density at radius 1 is 1.13 bits per heavy atom. The second-order valence-electron chi connectivity index (χ2n) is 6.68. The molecule has 0 atom stereocenters. The molecule has 7 nitrogen and oxygen atoms in total. The summed E-state index contributed by atoms with van der Waals surface area (Å²) < 4.78 is 9.65. The lowest BCUT2D eigenvalue weighted by molar-refractivity contribution is -0.116. The number of amides is 3. The molecular formula is C21H24N2O5S2. The number of benzene rings is 1. The lowest BCUT2D eigenvalue weighted by Gasteiger charge is -2.08. The first-order chi connectivity index (χ1) is 14.5. The summed E-state index contributed by atoms with van der Waals surface area (Å²) in [4.78, 5) is 38.6.